The summed E-state index contributed by atoms with van der Waals surface area (Å²) < 4.78 is 14.8. The lowest BCUT2D eigenvalue weighted by atomic mass is 9.95. The zero-order chi connectivity index (χ0) is 28.9. The largest absolute Gasteiger partial charge is 0.375 e. The van der Waals surface area contributed by atoms with Crippen LogP contribution in [0.3, 0.4) is 0 Å². The third kappa shape index (κ3) is 6.24. The van der Waals surface area contributed by atoms with Crippen molar-refractivity contribution in [1.82, 2.24) is 35.1 Å². The summed E-state index contributed by atoms with van der Waals surface area (Å²) in [6.45, 7) is 10.5. The van der Waals surface area contributed by atoms with Crippen molar-refractivity contribution in [2.45, 2.75) is 38.6 Å². The highest BCUT2D eigenvalue weighted by Gasteiger charge is 2.20. The predicted molar refractivity (Wildman–Crippen MR) is 158 cm³/mol. The Morgan fingerprint density at radius 1 is 1.12 bits per heavy atom. The maximum Gasteiger partial charge on any atom is 0.251 e. The Bertz CT molecular complexity index is 1550. The molecule has 212 valence electrons. The van der Waals surface area contributed by atoms with Crippen LogP contribution in [0.5, 0.6) is 0 Å². The number of benzene rings is 1. The van der Waals surface area contributed by atoms with Crippen molar-refractivity contribution in [2.75, 3.05) is 37.3 Å². The molecular weight excluding hydrogens is 521 g/mol. The molecule has 1 saturated heterocycles. The van der Waals surface area contributed by atoms with Gasteiger partial charge in [0, 0.05) is 79.9 Å². The van der Waals surface area contributed by atoms with Gasteiger partial charge in [-0.2, -0.15) is 0 Å². The van der Waals surface area contributed by atoms with Crippen molar-refractivity contribution in [3.05, 3.63) is 78.4 Å². The average Bonchev–Trinajstić information content (AvgIpc) is 3.00. The molecule has 1 atom stereocenters. The molecule has 0 bridgehead atoms. The first-order valence-corrected chi connectivity index (χ1v) is 13.7. The van der Waals surface area contributed by atoms with E-state index >= 15 is 0 Å². The SMILES string of the molecule is C=C(C)N1CCC(Nc2ncc(-c3cc(NC[C@@H](C)c4ccc(F)c5c(C(=O)NC)ccnc45)ncn3)cn2)CC1. The molecule has 41 heavy (non-hydrogen) atoms. The summed E-state index contributed by atoms with van der Waals surface area (Å²) >= 11 is 0. The summed E-state index contributed by atoms with van der Waals surface area (Å²) in [5.74, 6) is 0.347. The second-order valence-electron chi connectivity index (χ2n) is 10.3. The fraction of sp³-hybridized carbons (Fsp3) is 0.333. The Morgan fingerprint density at radius 3 is 2.59 bits per heavy atom. The lowest BCUT2D eigenvalue weighted by molar-refractivity contribution is 0.0964. The lowest BCUT2D eigenvalue weighted by Gasteiger charge is -2.33. The van der Waals surface area contributed by atoms with E-state index in [1.54, 1.807) is 18.5 Å². The molecule has 1 fully saturated rings. The van der Waals surface area contributed by atoms with Crippen molar-refractivity contribution < 1.29 is 9.18 Å². The lowest BCUT2D eigenvalue weighted by Crippen LogP contribution is -2.38. The van der Waals surface area contributed by atoms with Gasteiger partial charge in [-0.25, -0.2) is 24.3 Å². The zero-order valence-corrected chi connectivity index (χ0v) is 23.5. The van der Waals surface area contributed by atoms with Crippen LogP contribution in [0.1, 0.15) is 48.5 Å². The highest BCUT2D eigenvalue weighted by Crippen LogP contribution is 2.29. The number of likely N-dealkylation sites (tertiary alicyclic amines) is 1. The minimum Gasteiger partial charge on any atom is -0.375 e. The summed E-state index contributed by atoms with van der Waals surface area (Å²) in [6, 6.07) is 6.80. The van der Waals surface area contributed by atoms with E-state index in [1.807, 2.05) is 19.9 Å². The van der Waals surface area contributed by atoms with Crippen LogP contribution < -0.4 is 16.0 Å². The van der Waals surface area contributed by atoms with E-state index in [2.05, 4.69) is 52.3 Å². The van der Waals surface area contributed by atoms with Gasteiger partial charge in [-0.15, -0.1) is 0 Å². The summed E-state index contributed by atoms with van der Waals surface area (Å²) in [5, 5.41) is 9.56. The molecule has 3 N–H and O–H groups in total. The van der Waals surface area contributed by atoms with Gasteiger partial charge in [0.15, 0.2) is 0 Å². The smallest absolute Gasteiger partial charge is 0.251 e. The molecule has 0 spiro atoms. The Hall–Kier alpha value is -4.67. The highest BCUT2D eigenvalue weighted by molar-refractivity contribution is 6.06. The Labute approximate surface area is 238 Å². The number of halogens is 1. The predicted octanol–water partition coefficient (Wildman–Crippen LogP) is 4.61. The minimum atomic E-state index is -0.479. The van der Waals surface area contributed by atoms with Crippen molar-refractivity contribution in [2.24, 2.45) is 0 Å². The first kappa shape index (κ1) is 27.9. The summed E-state index contributed by atoms with van der Waals surface area (Å²) in [6.07, 6.45) is 8.56. The maximum atomic E-state index is 14.8. The molecule has 0 unspecified atom stereocenters. The Kier molecular flexibility index (Phi) is 8.32. The van der Waals surface area contributed by atoms with Gasteiger partial charge in [0.2, 0.25) is 5.95 Å². The van der Waals surface area contributed by atoms with E-state index in [-0.39, 0.29) is 22.8 Å². The maximum absolute atomic E-state index is 14.8. The number of hydrogen-bond acceptors (Lipinski definition) is 9. The molecule has 0 saturated carbocycles. The molecule has 0 radical (unpaired) electrons. The van der Waals surface area contributed by atoms with Gasteiger partial charge < -0.3 is 20.9 Å². The van der Waals surface area contributed by atoms with Gasteiger partial charge >= 0.3 is 0 Å². The molecule has 11 heteroatoms. The number of carbonyl (C=O) groups is 1. The molecule has 1 aromatic carbocycles. The van der Waals surface area contributed by atoms with Gasteiger partial charge in [0.05, 0.1) is 16.8 Å². The van der Waals surface area contributed by atoms with Crippen LogP contribution in [-0.2, 0) is 0 Å². The topological polar surface area (TPSA) is 121 Å². The fourth-order valence-corrected chi connectivity index (χ4v) is 5.07. The third-order valence-corrected chi connectivity index (χ3v) is 7.45. The minimum absolute atomic E-state index is 0.0556. The van der Waals surface area contributed by atoms with Crippen LogP contribution in [0.15, 0.2) is 61.5 Å². The van der Waals surface area contributed by atoms with E-state index in [9.17, 15) is 9.18 Å². The molecule has 3 aromatic heterocycles. The van der Waals surface area contributed by atoms with E-state index in [4.69, 9.17) is 0 Å². The first-order valence-electron chi connectivity index (χ1n) is 13.7. The van der Waals surface area contributed by atoms with Crippen molar-refractivity contribution in [3.8, 4) is 11.3 Å². The highest BCUT2D eigenvalue weighted by atomic mass is 19.1. The van der Waals surface area contributed by atoms with Crippen LogP contribution in [0, 0.1) is 5.82 Å². The number of nitrogens with one attached hydrogen (secondary N) is 3. The molecule has 4 heterocycles. The number of allylic oxidation sites excluding steroid dienone is 1. The Morgan fingerprint density at radius 2 is 1.88 bits per heavy atom. The van der Waals surface area contributed by atoms with Gasteiger partial charge in [-0.1, -0.05) is 19.6 Å². The monoisotopic (exact) mass is 555 g/mol. The van der Waals surface area contributed by atoms with Crippen LogP contribution in [-0.4, -0.2) is 68.5 Å². The van der Waals surface area contributed by atoms with Crippen LogP contribution >= 0.6 is 0 Å². The number of piperidine rings is 1. The number of anilines is 2. The third-order valence-electron chi connectivity index (χ3n) is 7.45. The Balaban J connectivity index is 1.24. The number of hydrogen-bond donors (Lipinski definition) is 3. The summed E-state index contributed by atoms with van der Waals surface area (Å²) in [5.41, 5.74) is 4.14. The van der Waals surface area contributed by atoms with Crippen LogP contribution in [0.25, 0.3) is 22.2 Å². The average molecular weight is 556 g/mol. The van der Waals surface area contributed by atoms with Gasteiger partial charge in [0.25, 0.3) is 5.91 Å². The quantitative estimate of drug-likeness (QED) is 0.272. The fourth-order valence-electron chi connectivity index (χ4n) is 5.07. The van der Waals surface area contributed by atoms with E-state index in [1.165, 1.54) is 31.7 Å². The van der Waals surface area contributed by atoms with E-state index in [0.717, 1.165) is 42.8 Å². The molecule has 1 aliphatic heterocycles. The summed E-state index contributed by atoms with van der Waals surface area (Å²) in [7, 11) is 1.52. The molecule has 4 aromatic rings. The first-order chi connectivity index (χ1) is 19.8. The number of rotatable bonds is 9. The molecular formula is C30H34FN9O. The second kappa shape index (κ2) is 12.2. The summed E-state index contributed by atoms with van der Waals surface area (Å²) in [4.78, 5) is 36.8. The van der Waals surface area contributed by atoms with E-state index in [0.29, 0.717) is 35.6 Å². The van der Waals surface area contributed by atoms with Crippen molar-refractivity contribution >= 4 is 28.6 Å². The van der Waals surface area contributed by atoms with Gasteiger partial charge in [-0.3, -0.25) is 9.78 Å². The van der Waals surface area contributed by atoms with Crippen molar-refractivity contribution in [3.63, 3.8) is 0 Å². The van der Waals surface area contributed by atoms with Crippen LogP contribution in [0.2, 0.25) is 0 Å². The standard InChI is InChI=1S/C30H34FN9O/c1-18(2)40-11-8-21(9-12-40)39-30-35-15-20(16-36-30)25-13-26(38-17-37-25)34-14-19(3)22-5-6-24(31)27-23(29(41)32-4)7-10-33-28(22)27/h5-7,10,13,15-17,19,21H,1,8-9,11-12,14H2,2-4H3,(H,32,41)(H,34,37,38)(H,35,36,39)/t19-/m1/s1. The van der Waals surface area contributed by atoms with Crippen LogP contribution in [0.4, 0.5) is 16.2 Å². The van der Waals surface area contributed by atoms with E-state index < -0.39 is 5.82 Å². The second-order valence-corrected chi connectivity index (χ2v) is 10.3. The molecule has 10 nitrogen and oxygen atoms in total. The number of pyridine rings is 1. The molecule has 1 amide bonds. The zero-order valence-electron chi connectivity index (χ0n) is 23.5. The number of fused-ring (bicyclic) bond motifs is 1. The number of aromatic nitrogens is 5. The number of carbonyl (C=O) groups excluding carboxylic acids is 1. The van der Waals surface area contributed by atoms with Gasteiger partial charge in [-0.05, 0) is 37.5 Å². The number of amides is 1. The number of nitrogens with zero attached hydrogens (tertiary/aromatic N) is 6. The molecule has 5 rings (SSSR count). The van der Waals surface area contributed by atoms with Crippen molar-refractivity contribution in [1.29, 1.82) is 0 Å². The van der Waals surface area contributed by atoms with Gasteiger partial charge in [0.1, 0.15) is 18.0 Å². The normalized spacial score (nSPS) is 14.5. The molecule has 0 aliphatic carbocycles. The molecule has 1 aliphatic rings.